The van der Waals surface area contributed by atoms with E-state index in [-0.39, 0.29) is 5.91 Å². The highest BCUT2D eigenvalue weighted by atomic mass is 79.9. The van der Waals surface area contributed by atoms with Gasteiger partial charge in [-0.2, -0.15) is 5.10 Å². The largest absolute Gasteiger partial charge is 0.325 e. The van der Waals surface area contributed by atoms with Crippen LogP contribution in [0.1, 0.15) is 12.0 Å². The quantitative estimate of drug-likeness (QED) is 0.660. The Labute approximate surface area is 153 Å². The number of aryl methyl sites for hydroxylation is 1. The highest BCUT2D eigenvalue weighted by molar-refractivity contribution is 9.10. The highest BCUT2D eigenvalue weighted by Gasteiger charge is 2.08. The molecule has 0 saturated heterocycles. The zero-order valence-electron chi connectivity index (χ0n) is 12.7. The molecule has 1 aromatic heterocycles. The van der Waals surface area contributed by atoms with Crippen LogP contribution in [0.15, 0.2) is 65.4 Å². The van der Waals surface area contributed by atoms with Crippen molar-refractivity contribution in [1.29, 1.82) is 0 Å². The fraction of sp³-hybridized carbons (Fsp3) is 0.111. The summed E-state index contributed by atoms with van der Waals surface area (Å²) in [6, 6.07) is 15.2. The number of nitrogens with one attached hydrogen (secondary N) is 1. The molecular weight excluding hydrogens is 390 g/mol. The summed E-state index contributed by atoms with van der Waals surface area (Å²) in [7, 11) is 0. The van der Waals surface area contributed by atoms with Crippen LogP contribution in [-0.2, 0) is 11.2 Å². The molecule has 4 nitrogen and oxygen atoms in total. The Bertz CT molecular complexity index is 848. The van der Waals surface area contributed by atoms with Gasteiger partial charge < -0.3 is 5.32 Å². The van der Waals surface area contributed by atoms with Crippen molar-refractivity contribution in [3.8, 4) is 5.69 Å². The Morgan fingerprint density at radius 1 is 1.21 bits per heavy atom. The van der Waals surface area contributed by atoms with E-state index in [0.717, 1.165) is 15.7 Å². The van der Waals surface area contributed by atoms with Crippen LogP contribution in [0.25, 0.3) is 5.69 Å². The third kappa shape index (κ3) is 4.24. The van der Waals surface area contributed by atoms with Gasteiger partial charge >= 0.3 is 0 Å². The summed E-state index contributed by atoms with van der Waals surface area (Å²) in [6.07, 6.45) is 4.71. The number of nitrogens with zero attached hydrogens (tertiary/aromatic N) is 2. The molecule has 3 aromatic rings. The summed E-state index contributed by atoms with van der Waals surface area (Å²) in [5.74, 6) is -0.0771. The molecule has 1 heterocycles. The predicted molar refractivity (Wildman–Crippen MR) is 99.7 cm³/mol. The van der Waals surface area contributed by atoms with Crippen molar-refractivity contribution >= 4 is 39.1 Å². The highest BCUT2D eigenvalue weighted by Crippen LogP contribution is 2.25. The Kier molecular flexibility index (Phi) is 5.33. The number of aromatic nitrogens is 2. The molecule has 0 aliphatic rings. The van der Waals surface area contributed by atoms with Gasteiger partial charge in [0.05, 0.1) is 22.6 Å². The van der Waals surface area contributed by atoms with E-state index in [0.29, 0.717) is 23.6 Å². The van der Waals surface area contributed by atoms with Crippen molar-refractivity contribution in [2.24, 2.45) is 0 Å². The van der Waals surface area contributed by atoms with E-state index in [1.807, 2.05) is 42.6 Å². The molecule has 1 amide bonds. The van der Waals surface area contributed by atoms with Crippen LogP contribution >= 0.6 is 27.5 Å². The topological polar surface area (TPSA) is 46.9 Å². The Hall–Kier alpha value is -2.11. The molecule has 0 fully saturated rings. The molecule has 0 aliphatic carbocycles. The van der Waals surface area contributed by atoms with Gasteiger partial charge in [-0.05, 0) is 42.3 Å². The molecule has 2 aromatic carbocycles. The Morgan fingerprint density at radius 2 is 2.00 bits per heavy atom. The maximum Gasteiger partial charge on any atom is 0.224 e. The second-order valence-corrected chi connectivity index (χ2v) is 6.62. The molecule has 3 rings (SSSR count). The lowest BCUT2D eigenvalue weighted by Gasteiger charge is -2.07. The van der Waals surface area contributed by atoms with E-state index in [4.69, 9.17) is 11.6 Å². The SMILES string of the molecule is O=C(CCc1cnn(-c2ccccc2)c1)Nc1ccc(Br)cc1Cl. The molecular formula is C18H15BrClN3O. The van der Waals surface area contributed by atoms with E-state index in [9.17, 15) is 4.79 Å². The van der Waals surface area contributed by atoms with Crippen molar-refractivity contribution in [2.45, 2.75) is 12.8 Å². The molecule has 0 radical (unpaired) electrons. The maximum absolute atomic E-state index is 12.1. The third-order valence-corrected chi connectivity index (χ3v) is 4.31. The summed E-state index contributed by atoms with van der Waals surface area (Å²) in [6.45, 7) is 0. The number of para-hydroxylation sites is 1. The second kappa shape index (κ2) is 7.64. The Morgan fingerprint density at radius 3 is 2.75 bits per heavy atom. The van der Waals surface area contributed by atoms with Gasteiger partial charge in [0.2, 0.25) is 5.91 Å². The van der Waals surface area contributed by atoms with E-state index >= 15 is 0 Å². The zero-order chi connectivity index (χ0) is 16.9. The second-order valence-electron chi connectivity index (χ2n) is 5.30. The first kappa shape index (κ1) is 16.7. The van der Waals surface area contributed by atoms with Crippen LogP contribution in [0.5, 0.6) is 0 Å². The maximum atomic E-state index is 12.1. The van der Waals surface area contributed by atoms with Crippen molar-refractivity contribution in [3.63, 3.8) is 0 Å². The molecule has 1 N–H and O–H groups in total. The average molecular weight is 405 g/mol. The van der Waals surface area contributed by atoms with Gasteiger partial charge in [-0.25, -0.2) is 4.68 Å². The first-order valence-corrected chi connectivity index (χ1v) is 8.63. The standard InChI is InChI=1S/C18H15BrClN3O/c19-14-7-8-17(16(20)10-14)22-18(24)9-6-13-11-21-23(12-13)15-4-2-1-3-5-15/h1-5,7-8,10-12H,6,9H2,(H,22,24). The van der Waals surface area contributed by atoms with Gasteiger partial charge in [0, 0.05) is 17.1 Å². The minimum absolute atomic E-state index is 0.0771. The van der Waals surface area contributed by atoms with Crippen LogP contribution < -0.4 is 5.32 Å². The fourth-order valence-corrected chi connectivity index (χ4v) is 2.99. The smallest absolute Gasteiger partial charge is 0.224 e. The minimum Gasteiger partial charge on any atom is -0.325 e. The van der Waals surface area contributed by atoms with Gasteiger partial charge in [-0.1, -0.05) is 45.7 Å². The summed E-state index contributed by atoms with van der Waals surface area (Å²) < 4.78 is 2.68. The lowest BCUT2D eigenvalue weighted by atomic mass is 10.2. The van der Waals surface area contributed by atoms with Gasteiger partial charge in [0.25, 0.3) is 0 Å². The first-order chi connectivity index (χ1) is 11.6. The van der Waals surface area contributed by atoms with E-state index in [1.165, 1.54) is 0 Å². The number of anilines is 1. The summed E-state index contributed by atoms with van der Waals surface area (Å²) >= 11 is 9.44. The van der Waals surface area contributed by atoms with Gasteiger partial charge in [-0.3, -0.25) is 4.79 Å². The Balaban J connectivity index is 1.58. The van der Waals surface area contributed by atoms with E-state index in [2.05, 4.69) is 26.3 Å². The number of amides is 1. The summed E-state index contributed by atoms with van der Waals surface area (Å²) in [5, 5.41) is 7.67. The monoisotopic (exact) mass is 403 g/mol. The summed E-state index contributed by atoms with van der Waals surface area (Å²) in [4.78, 5) is 12.1. The molecule has 0 unspecified atom stereocenters. The summed E-state index contributed by atoms with van der Waals surface area (Å²) in [5.41, 5.74) is 2.62. The number of hydrogen-bond donors (Lipinski definition) is 1. The van der Waals surface area contributed by atoms with Crippen LogP contribution in [0.3, 0.4) is 0 Å². The normalized spacial score (nSPS) is 10.6. The zero-order valence-corrected chi connectivity index (χ0v) is 15.1. The van der Waals surface area contributed by atoms with Crippen LogP contribution in [0.4, 0.5) is 5.69 Å². The lowest BCUT2D eigenvalue weighted by Crippen LogP contribution is -2.12. The van der Waals surface area contributed by atoms with Gasteiger partial charge in [0.1, 0.15) is 0 Å². The number of benzene rings is 2. The number of carbonyl (C=O) groups excluding carboxylic acids is 1. The van der Waals surface area contributed by atoms with Crippen LogP contribution in [0.2, 0.25) is 5.02 Å². The predicted octanol–water partition coefficient (Wildman–Crippen LogP) is 4.86. The first-order valence-electron chi connectivity index (χ1n) is 7.46. The van der Waals surface area contributed by atoms with Crippen molar-refractivity contribution < 1.29 is 4.79 Å². The van der Waals surface area contributed by atoms with Crippen LogP contribution in [0, 0.1) is 0 Å². The van der Waals surface area contributed by atoms with Gasteiger partial charge in [0.15, 0.2) is 0 Å². The van der Waals surface area contributed by atoms with Crippen molar-refractivity contribution in [2.75, 3.05) is 5.32 Å². The number of hydrogen-bond acceptors (Lipinski definition) is 2. The van der Waals surface area contributed by atoms with E-state index in [1.54, 1.807) is 23.0 Å². The molecule has 0 aliphatic heterocycles. The lowest BCUT2D eigenvalue weighted by molar-refractivity contribution is -0.116. The van der Waals surface area contributed by atoms with E-state index < -0.39 is 0 Å². The molecule has 0 atom stereocenters. The number of halogens is 2. The molecule has 0 spiro atoms. The number of carbonyl (C=O) groups is 1. The third-order valence-electron chi connectivity index (χ3n) is 3.50. The molecule has 0 saturated carbocycles. The van der Waals surface area contributed by atoms with Crippen molar-refractivity contribution in [1.82, 2.24) is 9.78 Å². The molecule has 122 valence electrons. The van der Waals surface area contributed by atoms with Crippen molar-refractivity contribution in [3.05, 3.63) is 76.0 Å². The molecule has 6 heteroatoms. The van der Waals surface area contributed by atoms with Crippen LogP contribution in [-0.4, -0.2) is 15.7 Å². The number of rotatable bonds is 5. The minimum atomic E-state index is -0.0771. The molecule has 24 heavy (non-hydrogen) atoms. The molecule has 0 bridgehead atoms. The fourth-order valence-electron chi connectivity index (χ4n) is 2.27. The van der Waals surface area contributed by atoms with Gasteiger partial charge in [-0.15, -0.1) is 0 Å². The average Bonchev–Trinajstić information content (AvgIpc) is 3.05.